The molecular weight excluding hydrogens is 496 g/mol. The van der Waals surface area contributed by atoms with Crippen molar-refractivity contribution in [3.8, 4) is 11.4 Å². The lowest BCUT2D eigenvalue weighted by molar-refractivity contribution is 0.296. The average molecular weight is 525 g/mol. The van der Waals surface area contributed by atoms with Gasteiger partial charge in [-0.05, 0) is 42.8 Å². The number of piperidine rings is 1. The first-order valence-corrected chi connectivity index (χ1v) is 13.7. The number of aromatic nitrogens is 6. The zero-order valence-electron chi connectivity index (χ0n) is 20.9. The van der Waals surface area contributed by atoms with Crippen molar-refractivity contribution in [1.82, 2.24) is 29.7 Å². The molecule has 0 radical (unpaired) electrons. The van der Waals surface area contributed by atoms with Crippen LogP contribution in [0.25, 0.3) is 16.5 Å². The Kier molecular flexibility index (Phi) is 7.03. The molecule has 0 unspecified atom stereocenters. The first-order chi connectivity index (χ1) is 18.7. The van der Waals surface area contributed by atoms with Crippen LogP contribution in [-0.4, -0.2) is 42.8 Å². The van der Waals surface area contributed by atoms with Gasteiger partial charge in [0.15, 0.2) is 11.0 Å². The summed E-state index contributed by atoms with van der Waals surface area (Å²) in [7, 11) is 0. The van der Waals surface area contributed by atoms with Crippen molar-refractivity contribution >= 4 is 34.4 Å². The number of thioether (sulfide) groups is 1. The van der Waals surface area contributed by atoms with Gasteiger partial charge in [0.05, 0.1) is 5.75 Å². The van der Waals surface area contributed by atoms with E-state index >= 15 is 0 Å². The molecule has 192 valence electrons. The second-order valence-corrected chi connectivity index (χ2v) is 10.0. The minimum absolute atomic E-state index is 0.241. The second kappa shape index (κ2) is 11.1. The van der Waals surface area contributed by atoms with Crippen molar-refractivity contribution in [2.75, 3.05) is 23.7 Å². The zero-order chi connectivity index (χ0) is 25.7. The molecule has 2 aromatic heterocycles. The smallest absolute Gasteiger partial charge is 0.230 e. The average Bonchev–Trinajstić information content (AvgIpc) is 3.38. The monoisotopic (exact) mass is 524 g/mol. The van der Waals surface area contributed by atoms with Crippen molar-refractivity contribution in [2.45, 2.75) is 36.8 Å². The summed E-state index contributed by atoms with van der Waals surface area (Å²) < 4.78 is 8.27. The normalized spacial score (nSPS) is 13.6. The predicted octanol–water partition coefficient (Wildman–Crippen LogP) is 5.05. The molecule has 10 heteroatoms. The lowest BCUT2D eigenvalue weighted by atomic mass is 10.1. The molecule has 2 N–H and O–H groups in total. The molecule has 1 aliphatic rings. The Morgan fingerprint density at radius 2 is 1.61 bits per heavy atom. The molecule has 1 fully saturated rings. The van der Waals surface area contributed by atoms with E-state index in [-0.39, 0.29) is 12.6 Å². The van der Waals surface area contributed by atoms with Crippen molar-refractivity contribution < 1.29 is 4.74 Å². The van der Waals surface area contributed by atoms with Crippen molar-refractivity contribution in [1.29, 1.82) is 0 Å². The van der Waals surface area contributed by atoms with Gasteiger partial charge < -0.3 is 15.4 Å². The summed E-state index contributed by atoms with van der Waals surface area (Å²) in [4.78, 5) is 15.7. The Hall–Kier alpha value is -4.18. The molecule has 0 amide bonds. The van der Waals surface area contributed by atoms with Gasteiger partial charge in [-0.15, -0.1) is 10.2 Å². The van der Waals surface area contributed by atoms with Crippen LogP contribution in [0.3, 0.4) is 0 Å². The van der Waals surface area contributed by atoms with E-state index in [9.17, 15) is 0 Å². The molecule has 3 heterocycles. The molecule has 5 aromatic rings. The Morgan fingerprint density at radius 1 is 0.816 bits per heavy atom. The summed E-state index contributed by atoms with van der Waals surface area (Å²) in [5.74, 6) is 3.52. The van der Waals surface area contributed by atoms with E-state index < -0.39 is 0 Å². The highest BCUT2D eigenvalue weighted by atomic mass is 32.2. The van der Waals surface area contributed by atoms with Crippen LogP contribution < -0.4 is 15.4 Å². The maximum atomic E-state index is 6.25. The number of rotatable bonds is 8. The number of para-hydroxylation sites is 1. The van der Waals surface area contributed by atoms with E-state index in [0.29, 0.717) is 23.4 Å². The number of nitrogens with two attached hydrogens (primary N) is 1. The maximum Gasteiger partial charge on any atom is 0.230 e. The van der Waals surface area contributed by atoms with Gasteiger partial charge in [-0.1, -0.05) is 66.4 Å². The standard InChI is InChI=1S/C28H28N8OS/c29-26-30-24(31-27(32-26)35-16-7-2-8-17-35)19-38-28-34-33-25(36(28)21-12-3-1-4-13-21)18-37-23-15-9-11-20-10-5-6-14-22(20)23/h1,3-6,9-15H,2,7-8,16-19H2,(H2,29,30,31,32). The SMILES string of the molecule is Nc1nc(CSc2nnc(COc3cccc4ccccc34)n2-c2ccccc2)nc(N2CCCCC2)n1. The van der Waals surface area contributed by atoms with Crippen LogP contribution in [0.15, 0.2) is 78.0 Å². The number of hydrogen-bond acceptors (Lipinski definition) is 9. The second-order valence-electron chi connectivity index (χ2n) is 9.08. The fourth-order valence-electron chi connectivity index (χ4n) is 4.64. The van der Waals surface area contributed by atoms with E-state index in [4.69, 9.17) is 15.5 Å². The molecular formula is C28H28N8OS. The Bertz CT molecular complexity index is 1530. The number of nitrogen functional groups attached to an aromatic ring is 1. The van der Waals surface area contributed by atoms with Gasteiger partial charge >= 0.3 is 0 Å². The third-order valence-electron chi connectivity index (χ3n) is 6.48. The molecule has 1 aliphatic heterocycles. The molecule has 0 bridgehead atoms. The lowest BCUT2D eigenvalue weighted by Gasteiger charge is -2.26. The molecule has 3 aromatic carbocycles. The van der Waals surface area contributed by atoms with Gasteiger partial charge in [0.2, 0.25) is 11.9 Å². The zero-order valence-corrected chi connectivity index (χ0v) is 21.7. The summed E-state index contributed by atoms with van der Waals surface area (Å²) in [6.07, 6.45) is 3.51. The fraction of sp³-hybridized carbons (Fsp3) is 0.250. The van der Waals surface area contributed by atoms with Gasteiger partial charge in [0.25, 0.3) is 0 Å². The van der Waals surface area contributed by atoms with Crippen molar-refractivity contribution in [3.63, 3.8) is 0 Å². The van der Waals surface area contributed by atoms with Crippen LogP contribution in [0.1, 0.15) is 30.9 Å². The number of nitrogens with zero attached hydrogens (tertiary/aromatic N) is 7. The summed E-state index contributed by atoms with van der Waals surface area (Å²) in [6.45, 7) is 2.16. The Morgan fingerprint density at radius 3 is 2.47 bits per heavy atom. The van der Waals surface area contributed by atoms with E-state index in [1.54, 1.807) is 0 Å². The minimum atomic E-state index is 0.241. The van der Waals surface area contributed by atoms with E-state index in [2.05, 4.69) is 43.3 Å². The van der Waals surface area contributed by atoms with Gasteiger partial charge in [-0.3, -0.25) is 4.57 Å². The largest absolute Gasteiger partial charge is 0.485 e. The quantitative estimate of drug-likeness (QED) is 0.279. The topological polar surface area (TPSA) is 108 Å². The van der Waals surface area contributed by atoms with Crippen LogP contribution in [0.4, 0.5) is 11.9 Å². The summed E-state index contributed by atoms with van der Waals surface area (Å²) in [5.41, 5.74) is 7.01. The van der Waals surface area contributed by atoms with Gasteiger partial charge in [0.1, 0.15) is 18.2 Å². The molecule has 6 rings (SSSR count). The summed E-state index contributed by atoms with van der Waals surface area (Å²) in [5, 5.41) is 11.9. The van der Waals surface area contributed by atoms with Crippen molar-refractivity contribution in [2.24, 2.45) is 0 Å². The van der Waals surface area contributed by atoms with Crippen LogP contribution >= 0.6 is 11.8 Å². The van der Waals surface area contributed by atoms with Crippen molar-refractivity contribution in [3.05, 3.63) is 84.4 Å². The molecule has 38 heavy (non-hydrogen) atoms. The van der Waals surface area contributed by atoms with Gasteiger partial charge in [-0.25, -0.2) is 0 Å². The first kappa shape index (κ1) is 24.2. The highest BCUT2D eigenvalue weighted by molar-refractivity contribution is 7.98. The molecule has 9 nitrogen and oxygen atoms in total. The number of anilines is 2. The number of ether oxygens (including phenoxy) is 1. The molecule has 0 aliphatic carbocycles. The summed E-state index contributed by atoms with van der Waals surface area (Å²) >= 11 is 1.51. The molecule has 0 saturated carbocycles. The Balaban J connectivity index is 1.25. The van der Waals surface area contributed by atoms with Crippen LogP contribution in [0, 0.1) is 0 Å². The number of benzene rings is 3. The first-order valence-electron chi connectivity index (χ1n) is 12.7. The van der Waals surface area contributed by atoms with E-state index in [1.807, 2.05) is 59.2 Å². The highest BCUT2D eigenvalue weighted by Crippen LogP contribution is 2.28. The van der Waals surface area contributed by atoms with Crippen LogP contribution in [-0.2, 0) is 12.4 Å². The molecule has 1 saturated heterocycles. The summed E-state index contributed by atoms with van der Waals surface area (Å²) in [6, 6.07) is 24.3. The van der Waals surface area contributed by atoms with E-state index in [0.717, 1.165) is 53.3 Å². The van der Waals surface area contributed by atoms with Gasteiger partial charge in [-0.2, -0.15) is 15.0 Å². The third kappa shape index (κ3) is 5.26. The van der Waals surface area contributed by atoms with E-state index in [1.165, 1.54) is 18.2 Å². The van der Waals surface area contributed by atoms with Crippen LogP contribution in [0.2, 0.25) is 0 Å². The lowest BCUT2D eigenvalue weighted by Crippen LogP contribution is -2.31. The Labute approximate surface area is 225 Å². The maximum absolute atomic E-state index is 6.25. The number of fused-ring (bicyclic) bond motifs is 1. The fourth-order valence-corrected chi connectivity index (χ4v) is 5.47. The molecule has 0 spiro atoms. The minimum Gasteiger partial charge on any atom is -0.485 e. The third-order valence-corrected chi connectivity index (χ3v) is 7.40. The number of hydrogen-bond donors (Lipinski definition) is 1. The van der Waals surface area contributed by atoms with Crippen LogP contribution in [0.5, 0.6) is 5.75 Å². The van der Waals surface area contributed by atoms with Gasteiger partial charge in [0, 0.05) is 24.2 Å². The predicted molar refractivity (Wildman–Crippen MR) is 150 cm³/mol. The highest BCUT2D eigenvalue weighted by Gasteiger charge is 2.19. The molecule has 0 atom stereocenters.